The second-order valence-corrected chi connectivity index (χ2v) is 10.0. The van der Waals surface area contributed by atoms with E-state index in [0.29, 0.717) is 17.9 Å². The van der Waals surface area contributed by atoms with Crippen molar-refractivity contribution in [2.24, 2.45) is 17.8 Å². The Morgan fingerprint density at radius 2 is 1.50 bits per heavy atom. The Kier molecular flexibility index (Phi) is 5.90. The van der Waals surface area contributed by atoms with Crippen LogP contribution in [0.4, 0.5) is 0 Å². The second kappa shape index (κ2) is 8.97. The molecule has 4 aliphatic rings. The zero-order valence-electron chi connectivity index (χ0n) is 18.5. The molecule has 0 atom stereocenters. The van der Waals surface area contributed by atoms with Crippen LogP contribution in [0.5, 0.6) is 5.75 Å². The van der Waals surface area contributed by atoms with Gasteiger partial charge in [0.15, 0.2) is 6.61 Å². The maximum atomic E-state index is 12.8. The number of rotatable bonds is 8. The summed E-state index contributed by atoms with van der Waals surface area (Å²) in [6, 6.07) is 17.2. The van der Waals surface area contributed by atoms with Crippen LogP contribution in [0.25, 0.3) is 0 Å². The van der Waals surface area contributed by atoms with Crippen LogP contribution in [0, 0.1) is 17.8 Å². The molecule has 0 aromatic heterocycles. The Labute approximate surface area is 189 Å². The van der Waals surface area contributed by atoms with Gasteiger partial charge in [0.25, 0.3) is 11.8 Å². The molecule has 0 spiro atoms. The van der Waals surface area contributed by atoms with Gasteiger partial charge in [-0.25, -0.2) is 0 Å². The number of nitrogens with one attached hydrogen (secondary N) is 2. The SMILES string of the molecule is O=C(COc1ccccc1C(=O)NCCc1ccccc1)NC12CC3CC(CC(C3)C1)C2. The first-order valence-corrected chi connectivity index (χ1v) is 11.9. The van der Waals surface area contributed by atoms with Crippen molar-refractivity contribution in [3.63, 3.8) is 0 Å². The Morgan fingerprint density at radius 3 is 2.19 bits per heavy atom. The van der Waals surface area contributed by atoms with E-state index in [0.717, 1.165) is 43.4 Å². The average Bonchev–Trinajstić information content (AvgIpc) is 2.77. The summed E-state index contributed by atoms with van der Waals surface area (Å²) in [5, 5.41) is 6.29. The molecular weight excluding hydrogens is 400 g/mol. The van der Waals surface area contributed by atoms with Gasteiger partial charge in [-0.3, -0.25) is 9.59 Å². The van der Waals surface area contributed by atoms with E-state index < -0.39 is 0 Å². The van der Waals surface area contributed by atoms with Gasteiger partial charge in [-0.1, -0.05) is 42.5 Å². The Bertz CT molecular complexity index is 937. The highest BCUT2D eigenvalue weighted by atomic mass is 16.5. The van der Waals surface area contributed by atoms with E-state index >= 15 is 0 Å². The van der Waals surface area contributed by atoms with E-state index in [2.05, 4.69) is 10.6 Å². The van der Waals surface area contributed by atoms with Gasteiger partial charge in [0, 0.05) is 12.1 Å². The zero-order valence-corrected chi connectivity index (χ0v) is 18.5. The molecule has 0 radical (unpaired) electrons. The lowest BCUT2D eigenvalue weighted by atomic mass is 9.53. The molecule has 0 unspecified atom stereocenters. The minimum atomic E-state index is -0.182. The molecule has 0 heterocycles. The van der Waals surface area contributed by atoms with Crippen LogP contribution in [-0.4, -0.2) is 30.5 Å². The second-order valence-electron chi connectivity index (χ2n) is 10.0. The van der Waals surface area contributed by atoms with E-state index in [4.69, 9.17) is 4.74 Å². The van der Waals surface area contributed by atoms with Gasteiger partial charge in [-0.2, -0.15) is 0 Å². The summed E-state index contributed by atoms with van der Waals surface area (Å²) in [5.41, 5.74) is 1.62. The third-order valence-corrected chi connectivity index (χ3v) is 7.48. The molecule has 0 aliphatic heterocycles. The first kappa shape index (κ1) is 21.0. The lowest BCUT2D eigenvalue weighted by Crippen LogP contribution is -2.60. The van der Waals surface area contributed by atoms with Crippen molar-refractivity contribution in [1.82, 2.24) is 10.6 Å². The monoisotopic (exact) mass is 432 g/mol. The molecule has 4 aliphatic carbocycles. The Morgan fingerprint density at radius 1 is 0.875 bits per heavy atom. The maximum absolute atomic E-state index is 12.8. The number of hydrogen-bond donors (Lipinski definition) is 2. The van der Waals surface area contributed by atoms with E-state index in [1.807, 2.05) is 42.5 Å². The van der Waals surface area contributed by atoms with Crippen LogP contribution in [0.3, 0.4) is 0 Å². The number of benzene rings is 2. The molecule has 5 nitrogen and oxygen atoms in total. The topological polar surface area (TPSA) is 67.4 Å². The first-order valence-electron chi connectivity index (χ1n) is 11.9. The molecule has 2 amide bonds. The number of carbonyl (C=O) groups is 2. The number of carbonyl (C=O) groups excluding carboxylic acids is 2. The highest BCUT2D eigenvalue weighted by Gasteiger charge is 2.51. The van der Waals surface area contributed by atoms with Crippen LogP contribution >= 0.6 is 0 Å². The number of ether oxygens (including phenoxy) is 1. The van der Waals surface area contributed by atoms with Crippen LogP contribution < -0.4 is 15.4 Å². The molecule has 4 bridgehead atoms. The van der Waals surface area contributed by atoms with Crippen molar-refractivity contribution in [1.29, 1.82) is 0 Å². The number of hydrogen-bond acceptors (Lipinski definition) is 3. The molecule has 4 fully saturated rings. The lowest BCUT2D eigenvalue weighted by Gasteiger charge is -2.56. The summed E-state index contributed by atoms with van der Waals surface area (Å²) in [7, 11) is 0. The molecule has 6 rings (SSSR count). The maximum Gasteiger partial charge on any atom is 0.258 e. The van der Waals surface area contributed by atoms with Crippen LogP contribution in [0.2, 0.25) is 0 Å². The quantitative estimate of drug-likeness (QED) is 0.659. The predicted molar refractivity (Wildman–Crippen MR) is 123 cm³/mol. The van der Waals surface area contributed by atoms with Crippen LogP contribution in [0.1, 0.15) is 54.4 Å². The lowest BCUT2D eigenvalue weighted by molar-refractivity contribution is -0.128. The molecule has 4 saturated carbocycles. The van der Waals surface area contributed by atoms with Crippen LogP contribution in [0.15, 0.2) is 54.6 Å². The molecular formula is C27H32N2O3. The summed E-state index contributed by atoms with van der Waals surface area (Å²) >= 11 is 0. The molecule has 2 aromatic rings. The summed E-state index contributed by atoms with van der Waals surface area (Å²) < 4.78 is 5.83. The molecule has 0 saturated heterocycles. The fourth-order valence-electron chi connectivity index (χ4n) is 6.58. The fraction of sp³-hybridized carbons (Fsp3) is 0.481. The molecule has 2 N–H and O–H groups in total. The van der Waals surface area contributed by atoms with Gasteiger partial charge in [-0.05, 0) is 80.4 Å². The van der Waals surface area contributed by atoms with E-state index in [1.54, 1.807) is 12.1 Å². The van der Waals surface area contributed by atoms with Crippen molar-refractivity contribution in [3.8, 4) is 5.75 Å². The Hall–Kier alpha value is -2.82. The number of para-hydroxylation sites is 1. The van der Waals surface area contributed by atoms with E-state index in [-0.39, 0.29) is 24.0 Å². The first-order chi connectivity index (χ1) is 15.6. The highest BCUT2D eigenvalue weighted by Crippen LogP contribution is 2.55. The standard InChI is InChI=1S/C27H32N2O3/c30-25(29-27-15-20-12-21(16-27)14-22(13-20)17-27)18-32-24-9-5-4-8-23(24)26(31)28-11-10-19-6-2-1-3-7-19/h1-9,20-22H,10-18H2,(H,28,31)(H,29,30). The van der Waals surface area contributed by atoms with Gasteiger partial charge in [0.1, 0.15) is 5.75 Å². The number of amides is 2. The van der Waals surface area contributed by atoms with E-state index in [9.17, 15) is 9.59 Å². The third kappa shape index (κ3) is 4.67. The zero-order chi connectivity index (χ0) is 22.0. The predicted octanol–water partition coefficient (Wildman–Crippen LogP) is 4.12. The largest absolute Gasteiger partial charge is 0.483 e. The van der Waals surface area contributed by atoms with Crippen molar-refractivity contribution in [2.75, 3.05) is 13.2 Å². The minimum Gasteiger partial charge on any atom is -0.483 e. The van der Waals surface area contributed by atoms with E-state index in [1.165, 1.54) is 24.8 Å². The molecule has 5 heteroatoms. The minimum absolute atomic E-state index is 0.0243. The molecule has 2 aromatic carbocycles. The normalized spacial score (nSPS) is 27.7. The van der Waals surface area contributed by atoms with Gasteiger partial charge < -0.3 is 15.4 Å². The summed E-state index contributed by atoms with van der Waals surface area (Å²) in [5.74, 6) is 2.53. The Balaban J connectivity index is 1.15. The van der Waals surface area contributed by atoms with Gasteiger partial charge in [-0.15, -0.1) is 0 Å². The molecule has 168 valence electrons. The van der Waals surface area contributed by atoms with Crippen molar-refractivity contribution in [2.45, 2.75) is 50.5 Å². The third-order valence-electron chi connectivity index (χ3n) is 7.48. The molecule has 32 heavy (non-hydrogen) atoms. The van der Waals surface area contributed by atoms with Crippen molar-refractivity contribution in [3.05, 3.63) is 65.7 Å². The summed E-state index contributed by atoms with van der Waals surface area (Å²) in [6.07, 6.45) is 8.15. The average molecular weight is 433 g/mol. The van der Waals surface area contributed by atoms with Gasteiger partial charge in [0.05, 0.1) is 5.56 Å². The fourth-order valence-corrected chi connectivity index (χ4v) is 6.58. The highest BCUT2D eigenvalue weighted by molar-refractivity contribution is 5.97. The van der Waals surface area contributed by atoms with Crippen molar-refractivity contribution < 1.29 is 14.3 Å². The van der Waals surface area contributed by atoms with Crippen LogP contribution in [-0.2, 0) is 11.2 Å². The summed E-state index contributed by atoms with van der Waals surface area (Å²) in [6.45, 7) is 0.486. The van der Waals surface area contributed by atoms with Gasteiger partial charge >= 0.3 is 0 Å². The van der Waals surface area contributed by atoms with Crippen molar-refractivity contribution >= 4 is 11.8 Å². The van der Waals surface area contributed by atoms with Gasteiger partial charge in [0.2, 0.25) is 0 Å². The summed E-state index contributed by atoms with van der Waals surface area (Å²) in [4.78, 5) is 25.5. The smallest absolute Gasteiger partial charge is 0.258 e.